The van der Waals surface area contributed by atoms with Crippen molar-refractivity contribution < 1.29 is 38.1 Å². The summed E-state index contributed by atoms with van der Waals surface area (Å²) in [4.78, 5) is 16.0. The molecule has 0 saturated heterocycles. The van der Waals surface area contributed by atoms with Crippen LogP contribution in [0.3, 0.4) is 0 Å². The minimum atomic E-state index is -4.94. The zero-order chi connectivity index (χ0) is 35.6. The van der Waals surface area contributed by atoms with Crippen LogP contribution in [0.1, 0.15) is 10.6 Å². The number of benzene rings is 5. The first kappa shape index (κ1) is 37.7. The van der Waals surface area contributed by atoms with Gasteiger partial charge in [-0.1, -0.05) is 101 Å². The first-order chi connectivity index (χ1) is 24.0. The van der Waals surface area contributed by atoms with Crippen molar-refractivity contribution in [1.82, 2.24) is 5.32 Å². The van der Waals surface area contributed by atoms with E-state index in [9.17, 15) is 4.79 Å². The van der Waals surface area contributed by atoms with Gasteiger partial charge in [0.25, 0.3) is 5.91 Å². The number of amides is 1. The molecule has 0 aliphatic rings. The lowest BCUT2D eigenvalue weighted by Gasteiger charge is -2.31. The summed E-state index contributed by atoms with van der Waals surface area (Å²) in [6.07, 6.45) is 1.51. The van der Waals surface area contributed by atoms with E-state index in [2.05, 4.69) is 78.1 Å². The first-order valence-electron chi connectivity index (χ1n) is 14.7. The molecular formula is C37H27Cl3NO6PS2. The minimum absolute atomic E-state index is 0.229. The van der Waals surface area contributed by atoms with Crippen molar-refractivity contribution in [3.8, 4) is 0 Å². The number of furan rings is 1. The Morgan fingerprint density at radius 3 is 1.30 bits per heavy atom. The van der Waals surface area contributed by atoms with E-state index in [1.807, 2.05) is 66.7 Å². The summed E-state index contributed by atoms with van der Waals surface area (Å²) in [5.74, 6) is -0.0970. The first-order valence-corrected chi connectivity index (χ1v) is 20.1. The predicted octanol–water partition coefficient (Wildman–Crippen LogP) is 5.27. The van der Waals surface area contributed by atoms with Gasteiger partial charge in [0.1, 0.15) is 20.2 Å². The van der Waals surface area contributed by atoms with E-state index in [-0.39, 0.29) is 11.7 Å². The van der Waals surface area contributed by atoms with Crippen molar-refractivity contribution >= 4 is 75.8 Å². The Morgan fingerprint density at radius 1 is 0.580 bits per heavy atom. The highest BCUT2D eigenvalue weighted by Gasteiger charge is 2.52. The molecule has 1 heterocycles. The third-order valence-electron chi connectivity index (χ3n) is 6.98. The highest BCUT2D eigenvalue weighted by Crippen LogP contribution is 2.65. The van der Waals surface area contributed by atoms with Crippen LogP contribution in [0.25, 0.3) is 0 Å². The number of halogens is 3. The summed E-state index contributed by atoms with van der Waals surface area (Å²) in [6.45, 7) is 0. The van der Waals surface area contributed by atoms with E-state index in [0.29, 0.717) is 10.0 Å². The molecule has 13 heteroatoms. The van der Waals surface area contributed by atoms with Gasteiger partial charge in [0, 0.05) is 19.8 Å². The van der Waals surface area contributed by atoms with Gasteiger partial charge in [0.2, 0.25) is 0 Å². The standard InChI is InChI=1S/C37H26Cl2NO2PS2.ClHO4/c38-27-18-22-32(23-19-27)44-37(45-33-24-20-28(39)21-25-33)36(40-35(41)34-17-10-26-42-34)43(29-11-4-1-5-12-29,30-13-6-2-7-14-30)31-15-8-3-9-16-31;2-1(3,4)5/h1-26H;(H,2,3,4,5). The molecule has 0 unspecified atom stereocenters. The second-order valence-electron chi connectivity index (χ2n) is 10.2. The van der Waals surface area contributed by atoms with Crippen molar-refractivity contribution in [2.45, 2.75) is 9.79 Å². The molecule has 6 aromatic rings. The fourth-order valence-electron chi connectivity index (χ4n) is 4.97. The predicted molar refractivity (Wildman–Crippen MR) is 193 cm³/mol. The molecule has 1 amide bonds. The third kappa shape index (κ3) is 10.0. The van der Waals surface area contributed by atoms with E-state index in [0.717, 1.165) is 35.4 Å². The summed E-state index contributed by atoms with van der Waals surface area (Å²) in [7, 11) is -7.70. The monoisotopic (exact) mass is 781 g/mol. The molecule has 1 aromatic heterocycles. The Bertz CT molecular complexity index is 1840. The number of hydrogen-bond donors (Lipinski definition) is 1. The van der Waals surface area contributed by atoms with E-state index < -0.39 is 17.5 Å². The topological polar surface area (TPSA) is 134 Å². The number of thioether (sulfide) groups is 2. The van der Waals surface area contributed by atoms with Gasteiger partial charge in [0.05, 0.1) is 6.26 Å². The molecule has 6 rings (SSSR count). The molecular weight excluding hydrogens is 756 g/mol. The SMILES string of the molecule is O=C(NC(=C(Sc1ccc(Cl)cc1)Sc1ccc(Cl)cc1)[P+](c1ccccc1)(c1ccccc1)c1ccccc1)c1ccco1.[O-][Cl+3]([O-])([O-])[O-]. The molecule has 254 valence electrons. The number of carbonyl (C=O) groups is 1. The quantitative estimate of drug-likeness (QED) is 0.147. The van der Waals surface area contributed by atoms with Crippen molar-refractivity contribution in [2.75, 3.05) is 0 Å². The van der Waals surface area contributed by atoms with Crippen molar-refractivity contribution in [1.29, 1.82) is 0 Å². The van der Waals surface area contributed by atoms with Gasteiger partial charge < -0.3 is 4.42 Å². The Labute approximate surface area is 310 Å². The molecule has 0 radical (unpaired) electrons. The van der Waals surface area contributed by atoms with Crippen molar-refractivity contribution in [3.05, 3.63) is 183 Å². The smallest absolute Gasteiger partial charge is 0.293 e. The summed E-state index contributed by atoms with van der Waals surface area (Å²) >= 11 is 15.8. The number of rotatable bonds is 10. The fourth-order valence-corrected chi connectivity index (χ4v) is 12.4. The zero-order valence-corrected chi connectivity index (χ0v) is 30.7. The highest BCUT2D eigenvalue weighted by molar-refractivity contribution is 8.23. The minimum Gasteiger partial charge on any atom is -0.459 e. The molecule has 0 saturated carbocycles. The van der Waals surface area contributed by atoms with Crippen LogP contribution in [0.15, 0.2) is 182 Å². The lowest BCUT2D eigenvalue weighted by atomic mass is 10.4. The van der Waals surface area contributed by atoms with E-state index in [4.69, 9.17) is 46.3 Å². The van der Waals surface area contributed by atoms with Crippen LogP contribution in [0.4, 0.5) is 0 Å². The largest absolute Gasteiger partial charge is 0.459 e. The van der Waals surface area contributed by atoms with Crippen LogP contribution in [-0.2, 0) is 0 Å². The molecule has 0 aliphatic heterocycles. The lowest BCUT2D eigenvalue weighted by molar-refractivity contribution is -2.00. The second-order valence-corrected chi connectivity index (χ2v) is 17.6. The third-order valence-corrected chi connectivity index (χ3v) is 14.3. The zero-order valence-electron chi connectivity index (χ0n) is 25.9. The van der Waals surface area contributed by atoms with Crippen molar-refractivity contribution in [2.24, 2.45) is 0 Å². The highest BCUT2D eigenvalue weighted by atomic mass is 35.7. The number of hydrogen-bond acceptors (Lipinski definition) is 8. The van der Waals surface area contributed by atoms with E-state index in [1.165, 1.54) is 6.26 Å². The number of carbonyl (C=O) groups excluding carboxylic acids is 1. The van der Waals surface area contributed by atoms with Crippen LogP contribution in [0.2, 0.25) is 10.0 Å². The van der Waals surface area contributed by atoms with Gasteiger partial charge in [-0.05, 0) is 97.1 Å². The molecule has 1 N–H and O–H groups in total. The van der Waals surface area contributed by atoms with Gasteiger partial charge in [-0.2, -0.15) is 0 Å². The Morgan fingerprint density at radius 2 is 0.960 bits per heavy atom. The Kier molecular flexibility index (Phi) is 13.2. The summed E-state index contributed by atoms with van der Waals surface area (Å²) in [6, 6.07) is 50.2. The fraction of sp³-hybridized carbons (Fsp3) is 0. The molecule has 0 bridgehead atoms. The maximum absolute atomic E-state index is 14.1. The normalized spacial score (nSPS) is 11.2. The summed E-state index contributed by atoms with van der Waals surface area (Å²) in [5, 5.41) is 8.03. The molecule has 0 aliphatic carbocycles. The van der Waals surface area contributed by atoms with Crippen LogP contribution in [0, 0.1) is 10.2 Å². The van der Waals surface area contributed by atoms with E-state index in [1.54, 1.807) is 35.7 Å². The second kappa shape index (κ2) is 17.6. The molecule has 0 atom stereocenters. The molecule has 50 heavy (non-hydrogen) atoms. The maximum atomic E-state index is 14.1. The van der Waals surface area contributed by atoms with Gasteiger partial charge in [0.15, 0.2) is 18.5 Å². The van der Waals surface area contributed by atoms with Crippen LogP contribution in [0.5, 0.6) is 0 Å². The molecule has 7 nitrogen and oxygen atoms in total. The summed E-state index contributed by atoms with van der Waals surface area (Å²) in [5.41, 5.74) is 0.799. The lowest BCUT2D eigenvalue weighted by Crippen LogP contribution is -2.68. The molecule has 0 spiro atoms. The average molecular weight is 783 g/mol. The van der Waals surface area contributed by atoms with E-state index >= 15 is 0 Å². The van der Waals surface area contributed by atoms with Crippen LogP contribution >= 0.6 is 54.0 Å². The summed E-state index contributed by atoms with van der Waals surface area (Å²) < 4.78 is 40.5. The molecule has 5 aromatic carbocycles. The van der Waals surface area contributed by atoms with Gasteiger partial charge >= 0.3 is 0 Å². The van der Waals surface area contributed by atoms with Gasteiger partial charge in [-0.25, -0.2) is 18.6 Å². The van der Waals surface area contributed by atoms with Crippen LogP contribution < -0.4 is 39.9 Å². The number of nitrogens with one attached hydrogen (secondary N) is 1. The maximum Gasteiger partial charge on any atom is 0.293 e. The molecule has 0 fully saturated rings. The Hall–Kier alpha value is -3.57. The van der Waals surface area contributed by atoms with Gasteiger partial charge in [-0.3, -0.25) is 10.1 Å². The van der Waals surface area contributed by atoms with Crippen LogP contribution in [-0.4, -0.2) is 5.91 Å². The average Bonchev–Trinajstić information content (AvgIpc) is 3.66. The van der Waals surface area contributed by atoms with Crippen molar-refractivity contribution in [3.63, 3.8) is 0 Å². The Balaban J connectivity index is 0.000000908. The van der Waals surface area contributed by atoms with Gasteiger partial charge in [-0.15, -0.1) is 10.2 Å².